The lowest BCUT2D eigenvalue weighted by atomic mass is 10.2. The molecule has 2 atom stereocenters. The minimum Gasteiger partial charge on any atom is -0.457 e. The Morgan fingerprint density at radius 3 is 1.43 bits per heavy atom. The fourth-order valence-corrected chi connectivity index (χ4v) is 5.31. The minimum atomic E-state index is -4.31. The normalized spacial score (nSPS) is 14.8. The molecule has 54 heavy (non-hydrogen) atoms. The molecule has 304 valence electrons. The second-order valence-corrected chi connectivity index (χ2v) is 13.8. The highest BCUT2D eigenvalue weighted by Gasteiger charge is 2.25. The van der Waals surface area contributed by atoms with Crippen LogP contribution < -0.4 is 5.73 Å². The maximum Gasteiger partial charge on any atom is 0.472 e. The summed E-state index contributed by atoms with van der Waals surface area (Å²) in [6.45, 7) is 4.45. The number of nitrogens with two attached hydrogens (primary N) is 1. The summed E-state index contributed by atoms with van der Waals surface area (Å²) in [4.78, 5) is 22.4. The molecule has 0 aliphatic carbocycles. The van der Waals surface area contributed by atoms with Crippen molar-refractivity contribution >= 4 is 13.8 Å². The number of allylic oxidation sites excluding steroid dienone is 20. The second kappa shape index (κ2) is 41.1. The van der Waals surface area contributed by atoms with Crippen LogP contribution in [0.2, 0.25) is 0 Å². The summed E-state index contributed by atoms with van der Waals surface area (Å²) in [5.41, 5.74) is 5.35. The van der Waals surface area contributed by atoms with Gasteiger partial charge in [-0.05, 0) is 89.9 Å². The largest absolute Gasteiger partial charge is 0.472 e. The summed E-state index contributed by atoms with van der Waals surface area (Å²) in [5, 5.41) is 0. The maximum absolute atomic E-state index is 12.5. The van der Waals surface area contributed by atoms with Gasteiger partial charge in [0.05, 0.1) is 19.8 Å². The minimum absolute atomic E-state index is 0.0553. The monoisotopic (exact) mass is 770 g/mol. The van der Waals surface area contributed by atoms with Crippen molar-refractivity contribution in [1.82, 2.24) is 0 Å². The fourth-order valence-electron chi connectivity index (χ4n) is 4.54. The highest BCUT2D eigenvalue weighted by Crippen LogP contribution is 2.43. The summed E-state index contributed by atoms with van der Waals surface area (Å²) < 4.78 is 33.2. The summed E-state index contributed by atoms with van der Waals surface area (Å²) in [6.07, 6.45) is 56.7. The van der Waals surface area contributed by atoms with Gasteiger partial charge in [0.25, 0.3) is 0 Å². The van der Waals surface area contributed by atoms with Crippen LogP contribution in [0.3, 0.4) is 0 Å². The van der Waals surface area contributed by atoms with Crippen LogP contribution >= 0.6 is 7.82 Å². The Morgan fingerprint density at radius 2 is 0.981 bits per heavy atom. The van der Waals surface area contributed by atoms with Crippen molar-refractivity contribution in [3.8, 4) is 0 Å². The van der Waals surface area contributed by atoms with Gasteiger partial charge < -0.3 is 20.1 Å². The quantitative estimate of drug-likeness (QED) is 0.0280. The van der Waals surface area contributed by atoms with Gasteiger partial charge in [0, 0.05) is 19.6 Å². The molecule has 8 nitrogen and oxygen atoms in total. The van der Waals surface area contributed by atoms with Gasteiger partial charge in [0.2, 0.25) is 0 Å². The average molecular weight is 770 g/mol. The van der Waals surface area contributed by atoms with E-state index in [4.69, 9.17) is 24.3 Å². The molecule has 0 rings (SSSR count). The van der Waals surface area contributed by atoms with Crippen molar-refractivity contribution in [1.29, 1.82) is 0 Å². The van der Waals surface area contributed by atoms with E-state index in [1.807, 2.05) is 12.2 Å². The number of unbranched alkanes of at least 4 members (excludes halogenated alkanes) is 3. The van der Waals surface area contributed by atoms with Crippen molar-refractivity contribution in [2.75, 3.05) is 33.0 Å². The number of ether oxygens (including phenoxy) is 2. The van der Waals surface area contributed by atoms with E-state index >= 15 is 0 Å². The van der Waals surface area contributed by atoms with Crippen LogP contribution in [0.15, 0.2) is 122 Å². The Hall–Kier alpha value is -3.10. The maximum atomic E-state index is 12.5. The molecule has 0 spiro atoms. The average Bonchev–Trinajstić information content (AvgIpc) is 3.16. The van der Waals surface area contributed by atoms with Crippen molar-refractivity contribution in [3.05, 3.63) is 122 Å². The molecule has 0 aliphatic heterocycles. The van der Waals surface area contributed by atoms with Gasteiger partial charge in [0.15, 0.2) is 0 Å². The van der Waals surface area contributed by atoms with Gasteiger partial charge >= 0.3 is 13.8 Å². The molecule has 0 bridgehead atoms. The molecule has 0 amide bonds. The lowest BCUT2D eigenvalue weighted by molar-refractivity contribution is -0.154. The van der Waals surface area contributed by atoms with E-state index in [9.17, 15) is 14.3 Å². The first-order valence-electron chi connectivity index (χ1n) is 20.0. The standard InChI is InChI=1S/C45H72NO7P/c1-3-5-7-9-11-13-15-17-18-19-20-21-22-23-24-25-27-29-31-33-35-37-40-50-42-44(43-52-54(48,49)51-41-39-46)53-45(47)38-36-34-32-30-28-26-16-14-12-10-8-6-4-2/h5-8,11-14,17-18,20-21,23-24,26-29,32,34,44H,3-4,9-10,15-16,19,22,25,30-31,33,35-43,46H2,1-2H3,(H,48,49)/b7-5-,8-6-,13-11-,14-12-,18-17-,21-20-,24-23-,28-26-,29-27-,34-32-. The van der Waals surface area contributed by atoms with E-state index in [1.165, 1.54) is 0 Å². The molecular formula is C45H72NO7P. The molecular weight excluding hydrogens is 697 g/mol. The van der Waals surface area contributed by atoms with E-state index in [-0.39, 0.29) is 32.8 Å². The third-order valence-corrected chi connectivity index (χ3v) is 8.37. The molecule has 0 aromatic heterocycles. The van der Waals surface area contributed by atoms with Gasteiger partial charge in [-0.3, -0.25) is 13.8 Å². The van der Waals surface area contributed by atoms with Crippen molar-refractivity contribution < 1.29 is 32.8 Å². The Labute approximate surface area is 328 Å². The highest BCUT2D eigenvalue weighted by atomic mass is 31.2. The van der Waals surface area contributed by atoms with Crippen LogP contribution in [-0.4, -0.2) is 49.9 Å². The van der Waals surface area contributed by atoms with E-state index in [2.05, 4.69) is 123 Å². The Morgan fingerprint density at radius 1 is 0.556 bits per heavy atom. The van der Waals surface area contributed by atoms with Gasteiger partial charge in [0.1, 0.15) is 6.10 Å². The molecule has 9 heteroatoms. The Balaban J connectivity index is 4.25. The number of esters is 1. The number of carbonyl (C=O) groups is 1. The molecule has 0 heterocycles. The highest BCUT2D eigenvalue weighted by molar-refractivity contribution is 7.47. The topological polar surface area (TPSA) is 117 Å². The van der Waals surface area contributed by atoms with Crippen molar-refractivity contribution in [3.63, 3.8) is 0 Å². The van der Waals surface area contributed by atoms with Gasteiger partial charge in [-0.2, -0.15) is 0 Å². The van der Waals surface area contributed by atoms with Crippen molar-refractivity contribution in [2.24, 2.45) is 5.73 Å². The van der Waals surface area contributed by atoms with E-state index < -0.39 is 19.9 Å². The number of rotatable bonds is 36. The number of hydrogen-bond acceptors (Lipinski definition) is 7. The Bertz CT molecular complexity index is 1230. The molecule has 0 aliphatic rings. The summed E-state index contributed by atoms with van der Waals surface area (Å²) in [7, 11) is -4.31. The molecule has 0 aromatic carbocycles. The van der Waals surface area contributed by atoms with Crippen LogP contribution in [0.25, 0.3) is 0 Å². The lowest BCUT2D eigenvalue weighted by Crippen LogP contribution is -2.28. The predicted molar refractivity (Wildman–Crippen MR) is 228 cm³/mol. The molecule has 0 fully saturated rings. The van der Waals surface area contributed by atoms with Gasteiger partial charge in [-0.15, -0.1) is 0 Å². The predicted octanol–water partition coefficient (Wildman–Crippen LogP) is 11.9. The number of phosphoric acid groups is 1. The fraction of sp³-hybridized carbons (Fsp3) is 0.533. The molecule has 0 radical (unpaired) electrons. The summed E-state index contributed by atoms with van der Waals surface area (Å²) in [5.74, 6) is -0.429. The Kier molecular flexibility index (Phi) is 38.7. The zero-order valence-corrected chi connectivity index (χ0v) is 34.3. The first-order valence-corrected chi connectivity index (χ1v) is 21.5. The van der Waals surface area contributed by atoms with Crippen molar-refractivity contribution in [2.45, 2.75) is 123 Å². The molecule has 2 unspecified atom stereocenters. The van der Waals surface area contributed by atoms with Crippen LogP contribution in [0.1, 0.15) is 117 Å². The van der Waals surface area contributed by atoms with Crippen LogP contribution in [-0.2, 0) is 27.9 Å². The summed E-state index contributed by atoms with van der Waals surface area (Å²) >= 11 is 0. The lowest BCUT2D eigenvalue weighted by Gasteiger charge is -2.19. The second-order valence-electron chi connectivity index (χ2n) is 12.4. The molecule has 0 saturated carbocycles. The zero-order chi connectivity index (χ0) is 39.5. The number of phosphoric ester groups is 1. The first kappa shape index (κ1) is 50.9. The van der Waals surface area contributed by atoms with E-state index in [1.54, 1.807) is 0 Å². The number of carbonyl (C=O) groups excluding carboxylic acids is 1. The van der Waals surface area contributed by atoms with E-state index in [0.29, 0.717) is 13.0 Å². The third-order valence-electron chi connectivity index (χ3n) is 7.39. The van der Waals surface area contributed by atoms with Gasteiger partial charge in [-0.1, -0.05) is 142 Å². The number of hydrogen-bond donors (Lipinski definition) is 2. The zero-order valence-electron chi connectivity index (χ0n) is 33.4. The van der Waals surface area contributed by atoms with Crippen LogP contribution in [0.5, 0.6) is 0 Å². The third kappa shape index (κ3) is 40.1. The smallest absolute Gasteiger partial charge is 0.457 e. The van der Waals surface area contributed by atoms with Crippen LogP contribution in [0, 0.1) is 0 Å². The summed E-state index contributed by atoms with van der Waals surface area (Å²) in [6, 6.07) is 0. The first-order chi connectivity index (χ1) is 26.4. The van der Waals surface area contributed by atoms with Gasteiger partial charge in [-0.25, -0.2) is 4.57 Å². The van der Waals surface area contributed by atoms with E-state index in [0.717, 1.165) is 89.9 Å². The SMILES string of the molecule is CC/C=C\C/C=C\C/C=C\C/C=C\C/C=C\C/C=C\CCCCCOCC(COP(=O)(O)OCCN)OC(=O)CC/C=C\C/C=C\C/C=C\C/C=C\CC. The molecule has 0 saturated heterocycles. The molecule has 3 N–H and O–H groups in total. The molecule has 0 aromatic rings. The van der Waals surface area contributed by atoms with Crippen LogP contribution in [0.4, 0.5) is 0 Å².